The van der Waals surface area contributed by atoms with Gasteiger partial charge in [-0.25, -0.2) is 0 Å². The van der Waals surface area contributed by atoms with Gasteiger partial charge in [-0.05, 0) is 48.5 Å². The van der Waals surface area contributed by atoms with Gasteiger partial charge in [0.15, 0.2) is 0 Å². The van der Waals surface area contributed by atoms with Crippen molar-refractivity contribution in [3.8, 4) is 0 Å². The van der Waals surface area contributed by atoms with Gasteiger partial charge in [0.1, 0.15) is 0 Å². The average molecular weight is 404 g/mol. The van der Waals surface area contributed by atoms with Gasteiger partial charge in [-0.3, -0.25) is 25.2 Å². The Kier molecular flexibility index (Phi) is 6.30. The molecule has 0 saturated heterocycles. The summed E-state index contributed by atoms with van der Waals surface area (Å²) in [5.74, 6) is -1.09. The van der Waals surface area contributed by atoms with Crippen molar-refractivity contribution in [2.45, 2.75) is 13.8 Å². The Labute approximate surface area is 154 Å². The van der Waals surface area contributed by atoms with E-state index in [1.165, 1.54) is 0 Å². The molecule has 0 aromatic heterocycles. The number of halogens is 1. The predicted molar refractivity (Wildman–Crippen MR) is 99.0 cm³/mol. The second-order valence-electron chi connectivity index (χ2n) is 5.64. The van der Waals surface area contributed by atoms with Gasteiger partial charge < -0.3 is 5.32 Å². The number of anilines is 1. The van der Waals surface area contributed by atoms with Crippen LogP contribution in [0.15, 0.2) is 53.0 Å². The average Bonchev–Trinajstić information content (AvgIpc) is 2.60. The molecule has 0 radical (unpaired) electrons. The summed E-state index contributed by atoms with van der Waals surface area (Å²) in [5.41, 5.74) is 6.10. The summed E-state index contributed by atoms with van der Waals surface area (Å²) in [6.45, 7) is 3.59. The van der Waals surface area contributed by atoms with Crippen LogP contribution in [0.3, 0.4) is 0 Å². The highest BCUT2D eigenvalue weighted by atomic mass is 79.9. The number of hydrazine groups is 1. The van der Waals surface area contributed by atoms with E-state index in [0.29, 0.717) is 16.8 Å². The molecule has 0 atom stereocenters. The fraction of sp³-hybridized carbons (Fsp3) is 0.167. The highest BCUT2D eigenvalue weighted by Crippen LogP contribution is 2.12. The van der Waals surface area contributed by atoms with E-state index in [1.807, 2.05) is 0 Å². The molecule has 0 unspecified atom stereocenters. The molecule has 130 valence electrons. The molecule has 7 heteroatoms. The van der Waals surface area contributed by atoms with Crippen LogP contribution in [0.25, 0.3) is 0 Å². The van der Waals surface area contributed by atoms with Crippen LogP contribution in [-0.2, 0) is 4.79 Å². The molecule has 0 saturated carbocycles. The lowest BCUT2D eigenvalue weighted by molar-refractivity contribution is -0.118. The molecule has 0 heterocycles. The summed E-state index contributed by atoms with van der Waals surface area (Å²) in [4.78, 5) is 35.6. The Hall–Kier alpha value is -2.67. The van der Waals surface area contributed by atoms with Crippen LogP contribution in [0.1, 0.15) is 34.6 Å². The molecule has 0 aliphatic heterocycles. The number of nitrogens with one attached hydrogen (secondary N) is 3. The molecular weight excluding hydrogens is 386 g/mol. The van der Waals surface area contributed by atoms with Gasteiger partial charge in [-0.15, -0.1) is 0 Å². The van der Waals surface area contributed by atoms with E-state index in [1.54, 1.807) is 62.4 Å². The first-order chi connectivity index (χ1) is 11.9. The monoisotopic (exact) mass is 403 g/mol. The Morgan fingerprint density at radius 2 is 1.24 bits per heavy atom. The molecule has 2 aromatic rings. The summed E-state index contributed by atoms with van der Waals surface area (Å²) >= 11 is 3.29. The number of carbonyl (C=O) groups excluding carboxylic acids is 3. The topological polar surface area (TPSA) is 87.3 Å². The maximum atomic E-state index is 12.1. The van der Waals surface area contributed by atoms with Crippen LogP contribution in [0.4, 0.5) is 5.69 Å². The molecule has 2 rings (SSSR count). The zero-order valence-electron chi connectivity index (χ0n) is 13.8. The van der Waals surface area contributed by atoms with Gasteiger partial charge in [0, 0.05) is 27.2 Å². The molecule has 3 N–H and O–H groups in total. The fourth-order valence-electron chi connectivity index (χ4n) is 1.85. The molecule has 3 amide bonds. The lowest BCUT2D eigenvalue weighted by atomic mass is 10.1. The van der Waals surface area contributed by atoms with Crippen LogP contribution < -0.4 is 16.2 Å². The quantitative estimate of drug-likeness (QED) is 0.685. The molecule has 0 aliphatic rings. The highest BCUT2D eigenvalue weighted by Gasteiger charge is 2.10. The number of rotatable bonds is 4. The summed E-state index contributed by atoms with van der Waals surface area (Å²) < 4.78 is 0.859. The van der Waals surface area contributed by atoms with Gasteiger partial charge in [0.05, 0.1) is 0 Å². The van der Waals surface area contributed by atoms with Crippen molar-refractivity contribution < 1.29 is 14.4 Å². The van der Waals surface area contributed by atoms with E-state index in [0.717, 1.165) is 4.47 Å². The predicted octanol–water partition coefficient (Wildman–Crippen LogP) is 3.12. The normalized spacial score (nSPS) is 10.2. The molecule has 6 nitrogen and oxygen atoms in total. The number of benzene rings is 2. The number of carbonyl (C=O) groups is 3. The van der Waals surface area contributed by atoms with Crippen LogP contribution in [0.2, 0.25) is 0 Å². The van der Waals surface area contributed by atoms with E-state index in [-0.39, 0.29) is 11.8 Å². The Morgan fingerprint density at radius 1 is 0.800 bits per heavy atom. The minimum absolute atomic E-state index is 0.0982. The maximum Gasteiger partial charge on any atom is 0.269 e. The summed E-state index contributed by atoms with van der Waals surface area (Å²) in [6, 6.07) is 13.1. The minimum Gasteiger partial charge on any atom is -0.326 e. The molecule has 2 aromatic carbocycles. The van der Waals surface area contributed by atoms with E-state index >= 15 is 0 Å². The summed E-state index contributed by atoms with van der Waals surface area (Å²) in [6.07, 6.45) is 0. The fourth-order valence-corrected chi connectivity index (χ4v) is 2.11. The van der Waals surface area contributed by atoms with Crippen molar-refractivity contribution in [2.24, 2.45) is 5.92 Å². The third-order valence-corrected chi connectivity index (χ3v) is 3.86. The van der Waals surface area contributed by atoms with Crippen molar-refractivity contribution in [1.29, 1.82) is 0 Å². The standard InChI is InChI=1S/C18H18BrN3O3/c1-11(2)16(23)20-15-9-5-13(6-10-15)18(25)22-21-17(24)12-3-7-14(19)8-4-12/h3-11H,1-2H3,(H,20,23)(H,21,24)(H,22,25). The molecule has 0 bridgehead atoms. The second-order valence-corrected chi connectivity index (χ2v) is 6.55. The zero-order valence-corrected chi connectivity index (χ0v) is 15.4. The van der Waals surface area contributed by atoms with E-state index in [2.05, 4.69) is 32.1 Å². The van der Waals surface area contributed by atoms with E-state index in [9.17, 15) is 14.4 Å². The summed E-state index contributed by atoms with van der Waals surface area (Å²) in [7, 11) is 0. The van der Waals surface area contributed by atoms with Crippen molar-refractivity contribution >= 4 is 39.3 Å². The molecule has 0 aliphatic carbocycles. The minimum atomic E-state index is -0.452. The zero-order chi connectivity index (χ0) is 18.4. The third-order valence-electron chi connectivity index (χ3n) is 3.33. The van der Waals surface area contributed by atoms with Gasteiger partial charge in [0.2, 0.25) is 5.91 Å². The van der Waals surface area contributed by atoms with Gasteiger partial charge >= 0.3 is 0 Å². The smallest absolute Gasteiger partial charge is 0.269 e. The SMILES string of the molecule is CC(C)C(=O)Nc1ccc(C(=O)NNC(=O)c2ccc(Br)cc2)cc1. The largest absolute Gasteiger partial charge is 0.326 e. The maximum absolute atomic E-state index is 12.1. The van der Waals surface area contributed by atoms with Crippen molar-refractivity contribution in [2.75, 3.05) is 5.32 Å². The summed E-state index contributed by atoms with van der Waals surface area (Å²) in [5, 5.41) is 2.74. The first-order valence-corrected chi connectivity index (χ1v) is 8.43. The van der Waals surface area contributed by atoms with Crippen LogP contribution in [0, 0.1) is 5.92 Å². The van der Waals surface area contributed by atoms with Crippen molar-refractivity contribution in [3.63, 3.8) is 0 Å². The van der Waals surface area contributed by atoms with Crippen LogP contribution >= 0.6 is 15.9 Å². The highest BCUT2D eigenvalue weighted by molar-refractivity contribution is 9.10. The van der Waals surface area contributed by atoms with Gasteiger partial charge in [0.25, 0.3) is 11.8 Å². The van der Waals surface area contributed by atoms with Crippen molar-refractivity contribution in [1.82, 2.24) is 10.9 Å². The Bertz CT molecular complexity index is 771. The molecule has 0 spiro atoms. The second kappa shape index (κ2) is 8.43. The lowest BCUT2D eigenvalue weighted by Gasteiger charge is -2.10. The van der Waals surface area contributed by atoms with Gasteiger partial charge in [-0.2, -0.15) is 0 Å². The van der Waals surface area contributed by atoms with Gasteiger partial charge in [-0.1, -0.05) is 29.8 Å². The number of amides is 3. The van der Waals surface area contributed by atoms with Crippen molar-refractivity contribution in [3.05, 3.63) is 64.1 Å². The first kappa shape index (κ1) is 18.7. The van der Waals surface area contributed by atoms with E-state index in [4.69, 9.17) is 0 Å². The number of hydrogen-bond donors (Lipinski definition) is 3. The molecule has 25 heavy (non-hydrogen) atoms. The molecule has 0 fully saturated rings. The Balaban J connectivity index is 1.91. The number of hydrogen-bond acceptors (Lipinski definition) is 3. The Morgan fingerprint density at radius 3 is 1.68 bits per heavy atom. The van der Waals surface area contributed by atoms with Crippen LogP contribution in [-0.4, -0.2) is 17.7 Å². The lowest BCUT2D eigenvalue weighted by Crippen LogP contribution is -2.41. The first-order valence-electron chi connectivity index (χ1n) is 7.64. The van der Waals surface area contributed by atoms with E-state index < -0.39 is 11.8 Å². The molecular formula is C18H18BrN3O3. The van der Waals surface area contributed by atoms with Crippen LogP contribution in [0.5, 0.6) is 0 Å². The third kappa shape index (κ3) is 5.42.